The van der Waals surface area contributed by atoms with E-state index in [1.807, 2.05) is 19.1 Å². The highest BCUT2D eigenvalue weighted by Gasteiger charge is 2.15. The van der Waals surface area contributed by atoms with Crippen LogP contribution in [-0.2, 0) is 4.79 Å². The topological polar surface area (TPSA) is 69.3 Å². The summed E-state index contributed by atoms with van der Waals surface area (Å²) in [6.45, 7) is 4.31. The van der Waals surface area contributed by atoms with Crippen LogP contribution in [0.4, 0.5) is 5.88 Å². The van der Waals surface area contributed by atoms with Crippen LogP contribution in [0, 0.1) is 11.3 Å². The number of amides is 1. The third-order valence-corrected chi connectivity index (χ3v) is 3.27. The molecule has 5 heteroatoms. The zero-order valence-electron chi connectivity index (χ0n) is 11.7. The molecule has 0 spiro atoms. The average Bonchev–Trinajstić information content (AvgIpc) is 2.94. The van der Waals surface area contributed by atoms with Crippen LogP contribution in [0.2, 0.25) is 0 Å². The number of likely N-dealkylation sites (N-methyl/N-ethyl adjacent to an activating group) is 1. The molecule has 0 atom stereocenters. The van der Waals surface area contributed by atoms with Gasteiger partial charge >= 0.3 is 0 Å². The molecule has 1 aromatic heterocycles. The van der Waals surface area contributed by atoms with Gasteiger partial charge in [-0.25, -0.2) is 0 Å². The van der Waals surface area contributed by atoms with Crippen molar-refractivity contribution in [2.75, 3.05) is 24.5 Å². The maximum atomic E-state index is 11.6. The van der Waals surface area contributed by atoms with Crippen LogP contribution in [-0.4, -0.2) is 25.5 Å². The van der Waals surface area contributed by atoms with Gasteiger partial charge in [-0.1, -0.05) is 0 Å². The lowest BCUT2D eigenvalue weighted by Crippen LogP contribution is -2.28. The lowest BCUT2D eigenvalue weighted by atomic mass is 10.1. The first kappa shape index (κ1) is 14.2. The molecule has 5 nitrogen and oxygen atoms in total. The molecule has 2 rings (SSSR count). The van der Waals surface area contributed by atoms with Gasteiger partial charge in [0, 0.05) is 31.8 Å². The second-order valence-corrected chi connectivity index (χ2v) is 4.75. The Balaban J connectivity index is 2.11. The molecule has 1 aliphatic rings. The molecule has 1 fully saturated rings. The number of carbonyl (C=O) groups excluding carboxylic acids is 1. The molecule has 1 aromatic rings. The molecule has 1 amide bonds. The van der Waals surface area contributed by atoms with Gasteiger partial charge in [0.1, 0.15) is 17.4 Å². The van der Waals surface area contributed by atoms with Crippen LogP contribution >= 0.6 is 0 Å². The van der Waals surface area contributed by atoms with Crippen LogP contribution in [0.25, 0.3) is 6.08 Å². The quantitative estimate of drug-likeness (QED) is 0.675. The van der Waals surface area contributed by atoms with Crippen LogP contribution < -0.4 is 10.2 Å². The SMILES string of the molecule is CCNC(=O)/C(C#N)=C\c1ccc(N2CCCCC2)o1. The molecule has 0 bridgehead atoms. The summed E-state index contributed by atoms with van der Waals surface area (Å²) in [5.41, 5.74) is 0.0615. The van der Waals surface area contributed by atoms with Crippen molar-refractivity contribution in [2.24, 2.45) is 0 Å². The van der Waals surface area contributed by atoms with E-state index in [1.54, 1.807) is 6.07 Å². The number of rotatable bonds is 4. The van der Waals surface area contributed by atoms with Crippen LogP contribution in [0.3, 0.4) is 0 Å². The van der Waals surface area contributed by atoms with Crippen LogP contribution in [0.5, 0.6) is 0 Å². The van der Waals surface area contributed by atoms with Gasteiger partial charge in [-0.15, -0.1) is 0 Å². The first-order valence-corrected chi connectivity index (χ1v) is 6.99. The number of anilines is 1. The van der Waals surface area contributed by atoms with Crippen molar-refractivity contribution < 1.29 is 9.21 Å². The van der Waals surface area contributed by atoms with Crippen molar-refractivity contribution in [1.29, 1.82) is 5.26 Å². The van der Waals surface area contributed by atoms with E-state index in [1.165, 1.54) is 25.3 Å². The number of nitriles is 1. The number of piperidine rings is 1. The Labute approximate surface area is 118 Å². The Morgan fingerprint density at radius 3 is 2.85 bits per heavy atom. The van der Waals surface area contributed by atoms with Crippen molar-refractivity contribution >= 4 is 17.9 Å². The third kappa shape index (κ3) is 3.41. The van der Waals surface area contributed by atoms with Crippen molar-refractivity contribution in [3.8, 4) is 6.07 Å². The minimum Gasteiger partial charge on any atom is -0.441 e. The summed E-state index contributed by atoms with van der Waals surface area (Å²) in [6, 6.07) is 5.58. The average molecular weight is 273 g/mol. The van der Waals surface area contributed by atoms with Crippen LogP contribution in [0.15, 0.2) is 22.1 Å². The Hall–Kier alpha value is -2.22. The molecule has 1 aliphatic heterocycles. The van der Waals surface area contributed by atoms with Gasteiger partial charge in [0.15, 0.2) is 5.88 Å². The highest BCUT2D eigenvalue weighted by atomic mass is 16.4. The standard InChI is InChI=1S/C15H19N3O2/c1-2-17-15(19)12(11-16)10-13-6-7-14(20-13)18-8-4-3-5-9-18/h6-7,10H,2-5,8-9H2,1H3,(H,17,19)/b12-10-. The number of nitrogens with zero attached hydrogens (tertiary/aromatic N) is 2. The van der Waals surface area contributed by atoms with Crippen molar-refractivity contribution in [2.45, 2.75) is 26.2 Å². The zero-order chi connectivity index (χ0) is 14.4. The molecule has 0 unspecified atom stereocenters. The van der Waals surface area contributed by atoms with E-state index in [0.717, 1.165) is 19.0 Å². The second kappa shape index (κ2) is 6.80. The van der Waals surface area contributed by atoms with E-state index < -0.39 is 0 Å². The Morgan fingerprint density at radius 1 is 1.45 bits per heavy atom. The first-order chi connectivity index (χ1) is 9.74. The lowest BCUT2D eigenvalue weighted by molar-refractivity contribution is -0.116. The molecular formula is C15H19N3O2. The number of hydrogen-bond acceptors (Lipinski definition) is 4. The molecular weight excluding hydrogens is 254 g/mol. The van der Waals surface area contributed by atoms with E-state index in [-0.39, 0.29) is 11.5 Å². The molecule has 106 valence electrons. The molecule has 0 saturated carbocycles. The number of carbonyl (C=O) groups is 1. The van der Waals surface area contributed by atoms with E-state index in [9.17, 15) is 4.79 Å². The fourth-order valence-corrected chi connectivity index (χ4v) is 2.25. The lowest BCUT2D eigenvalue weighted by Gasteiger charge is -2.25. The normalized spacial score (nSPS) is 15.8. The molecule has 2 heterocycles. The third-order valence-electron chi connectivity index (χ3n) is 3.27. The predicted octanol–water partition coefficient (Wildman–Crippen LogP) is 2.31. The van der Waals surface area contributed by atoms with Crippen molar-refractivity contribution in [3.63, 3.8) is 0 Å². The van der Waals surface area contributed by atoms with Gasteiger partial charge in [-0.2, -0.15) is 5.26 Å². The molecule has 1 saturated heterocycles. The second-order valence-electron chi connectivity index (χ2n) is 4.75. The highest BCUT2D eigenvalue weighted by Crippen LogP contribution is 2.23. The molecule has 1 N–H and O–H groups in total. The van der Waals surface area contributed by atoms with Crippen LogP contribution in [0.1, 0.15) is 31.9 Å². The van der Waals surface area contributed by atoms with Crippen molar-refractivity contribution in [1.82, 2.24) is 5.32 Å². The summed E-state index contributed by atoms with van der Waals surface area (Å²) in [5.74, 6) is 0.975. The van der Waals surface area contributed by atoms with Crippen molar-refractivity contribution in [3.05, 3.63) is 23.5 Å². The Bertz CT molecular complexity index is 534. The van der Waals surface area contributed by atoms with E-state index in [2.05, 4.69) is 10.2 Å². The smallest absolute Gasteiger partial charge is 0.262 e. The van der Waals surface area contributed by atoms with Gasteiger partial charge in [-0.05, 0) is 32.3 Å². The molecule has 20 heavy (non-hydrogen) atoms. The van der Waals surface area contributed by atoms with E-state index >= 15 is 0 Å². The summed E-state index contributed by atoms with van der Waals surface area (Å²) < 4.78 is 5.70. The first-order valence-electron chi connectivity index (χ1n) is 6.99. The van der Waals surface area contributed by atoms with Gasteiger partial charge in [-0.3, -0.25) is 4.79 Å². The summed E-state index contributed by atoms with van der Waals surface area (Å²) in [4.78, 5) is 13.8. The minimum absolute atomic E-state index is 0.0615. The molecule has 0 aromatic carbocycles. The Morgan fingerprint density at radius 2 is 2.20 bits per heavy atom. The van der Waals surface area contributed by atoms with Gasteiger partial charge in [0.2, 0.25) is 0 Å². The monoisotopic (exact) mass is 273 g/mol. The van der Waals surface area contributed by atoms with Gasteiger partial charge < -0.3 is 14.6 Å². The van der Waals surface area contributed by atoms with E-state index in [4.69, 9.17) is 9.68 Å². The fourth-order valence-electron chi connectivity index (χ4n) is 2.25. The van der Waals surface area contributed by atoms with E-state index in [0.29, 0.717) is 12.3 Å². The largest absolute Gasteiger partial charge is 0.441 e. The summed E-state index contributed by atoms with van der Waals surface area (Å²) >= 11 is 0. The van der Waals surface area contributed by atoms with Gasteiger partial charge in [0.05, 0.1) is 0 Å². The summed E-state index contributed by atoms with van der Waals surface area (Å²) in [7, 11) is 0. The summed E-state index contributed by atoms with van der Waals surface area (Å²) in [5, 5.41) is 11.6. The maximum absolute atomic E-state index is 11.6. The zero-order valence-corrected chi connectivity index (χ0v) is 11.7. The minimum atomic E-state index is -0.370. The predicted molar refractivity (Wildman–Crippen MR) is 77.0 cm³/mol. The van der Waals surface area contributed by atoms with Gasteiger partial charge in [0.25, 0.3) is 5.91 Å². The summed E-state index contributed by atoms with van der Waals surface area (Å²) in [6.07, 6.45) is 5.10. The number of furan rings is 1. The number of nitrogens with one attached hydrogen (secondary N) is 1. The highest BCUT2D eigenvalue weighted by molar-refractivity contribution is 6.01. The fraction of sp³-hybridized carbons (Fsp3) is 0.467. The maximum Gasteiger partial charge on any atom is 0.262 e. The number of hydrogen-bond donors (Lipinski definition) is 1. The molecule has 0 aliphatic carbocycles. The molecule has 0 radical (unpaired) electrons. The Kier molecular flexibility index (Phi) is 4.83.